The van der Waals surface area contributed by atoms with Crippen LogP contribution in [0.5, 0.6) is 0 Å². The fourth-order valence-corrected chi connectivity index (χ4v) is 2.19. The van der Waals surface area contributed by atoms with Gasteiger partial charge in [-0.2, -0.15) is 8.42 Å². The summed E-state index contributed by atoms with van der Waals surface area (Å²) in [4.78, 5) is 3.77. The molecule has 7 heteroatoms. The van der Waals surface area contributed by atoms with Crippen LogP contribution in [0.4, 0.5) is 5.88 Å². The summed E-state index contributed by atoms with van der Waals surface area (Å²) in [5.74, 6) is 0.119. The van der Waals surface area contributed by atoms with E-state index in [9.17, 15) is 8.42 Å². The third kappa shape index (κ3) is 2.28. The summed E-state index contributed by atoms with van der Waals surface area (Å²) in [6.45, 7) is 3.46. The molecular weight excluding hydrogens is 242 g/mol. The molecule has 0 radical (unpaired) electrons. The van der Waals surface area contributed by atoms with Gasteiger partial charge in [-0.05, 0) is 26.0 Å². The van der Waals surface area contributed by atoms with Crippen molar-refractivity contribution in [3.8, 4) is 0 Å². The molecule has 0 saturated carbocycles. The van der Waals surface area contributed by atoms with Crippen LogP contribution in [0.15, 0.2) is 33.9 Å². The van der Waals surface area contributed by atoms with Gasteiger partial charge in [-0.1, -0.05) is 11.2 Å². The van der Waals surface area contributed by atoms with E-state index in [0.717, 1.165) is 0 Å². The SMILES string of the molecule is Cc1noc(NS(=O)(=O)c2ccccn2)c1C. The summed E-state index contributed by atoms with van der Waals surface area (Å²) in [5, 5.41) is 3.61. The molecule has 0 aliphatic carbocycles. The summed E-state index contributed by atoms with van der Waals surface area (Å²) in [7, 11) is -3.72. The van der Waals surface area contributed by atoms with E-state index in [1.54, 1.807) is 26.0 Å². The molecule has 90 valence electrons. The molecule has 6 nitrogen and oxygen atoms in total. The molecule has 2 aromatic heterocycles. The average molecular weight is 253 g/mol. The Balaban J connectivity index is 2.34. The van der Waals surface area contributed by atoms with Gasteiger partial charge in [-0.15, -0.1) is 0 Å². The maximum Gasteiger partial charge on any atom is 0.281 e. The Bertz CT molecular complexity index is 620. The van der Waals surface area contributed by atoms with Gasteiger partial charge in [0.15, 0.2) is 5.03 Å². The summed E-state index contributed by atoms with van der Waals surface area (Å²) < 4.78 is 31.0. The highest BCUT2D eigenvalue weighted by Gasteiger charge is 2.19. The zero-order valence-corrected chi connectivity index (χ0v) is 10.2. The van der Waals surface area contributed by atoms with E-state index in [-0.39, 0.29) is 10.9 Å². The number of hydrogen-bond acceptors (Lipinski definition) is 5. The number of nitrogens with one attached hydrogen (secondary N) is 1. The van der Waals surface area contributed by atoms with E-state index >= 15 is 0 Å². The fourth-order valence-electron chi connectivity index (χ4n) is 1.19. The number of sulfonamides is 1. The molecule has 0 bridgehead atoms. The minimum atomic E-state index is -3.72. The number of aromatic nitrogens is 2. The van der Waals surface area contributed by atoms with Gasteiger partial charge in [0.25, 0.3) is 10.0 Å². The van der Waals surface area contributed by atoms with Crippen LogP contribution in [0.25, 0.3) is 0 Å². The first-order valence-corrected chi connectivity index (χ1v) is 6.36. The quantitative estimate of drug-likeness (QED) is 0.895. The zero-order valence-electron chi connectivity index (χ0n) is 9.34. The molecule has 0 saturated heterocycles. The minimum absolute atomic E-state index is 0.0616. The van der Waals surface area contributed by atoms with Crippen LogP contribution in [-0.2, 0) is 10.0 Å². The van der Waals surface area contributed by atoms with Crippen molar-refractivity contribution in [2.24, 2.45) is 0 Å². The molecule has 1 N–H and O–H groups in total. The van der Waals surface area contributed by atoms with Crippen molar-refractivity contribution in [3.05, 3.63) is 35.7 Å². The Morgan fingerprint density at radius 1 is 1.29 bits per heavy atom. The van der Waals surface area contributed by atoms with Gasteiger partial charge in [0.05, 0.1) is 5.69 Å². The lowest BCUT2D eigenvalue weighted by Crippen LogP contribution is -2.14. The van der Waals surface area contributed by atoms with Gasteiger partial charge in [0.2, 0.25) is 5.88 Å². The second-order valence-electron chi connectivity index (χ2n) is 3.50. The average Bonchev–Trinajstić information content (AvgIpc) is 2.62. The minimum Gasteiger partial charge on any atom is -0.337 e. The summed E-state index contributed by atoms with van der Waals surface area (Å²) >= 11 is 0. The highest BCUT2D eigenvalue weighted by atomic mass is 32.2. The van der Waals surface area contributed by atoms with Crippen LogP contribution < -0.4 is 4.72 Å². The van der Waals surface area contributed by atoms with Crippen LogP contribution in [0.2, 0.25) is 0 Å². The lowest BCUT2D eigenvalue weighted by atomic mass is 10.3. The molecule has 0 aliphatic heterocycles. The normalized spacial score (nSPS) is 11.4. The first-order valence-electron chi connectivity index (χ1n) is 4.87. The van der Waals surface area contributed by atoms with Gasteiger partial charge in [-0.25, -0.2) is 9.71 Å². The summed E-state index contributed by atoms with van der Waals surface area (Å²) in [6.07, 6.45) is 1.41. The topological polar surface area (TPSA) is 85.1 Å². The highest BCUT2D eigenvalue weighted by molar-refractivity contribution is 7.92. The number of hydrogen-bond donors (Lipinski definition) is 1. The Hall–Kier alpha value is -1.89. The smallest absolute Gasteiger partial charge is 0.281 e. The molecule has 0 aliphatic rings. The lowest BCUT2D eigenvalue weighted by molar-refractivity contribution is 0.430. The maximum atomic E-state index is 11.9. The molecular formula is C10H11N3O3S. The van der Waals surface area contributed by atoms with Gasteiger partial charge >= 0.3 is 0 Å². The zero-order chi connectivity index (χ0) is 12.5. The molecule has 0 unspecified atom stereocenters. The molecule has 0 atom stereocenters. The second kappa shape index (κ2) is 4.17. The lowest BCUT2D eigenvalue weighted by Gasteiger charge is -2.03. The molecule has 2 rings (SSSR count). The molecule has 0 aromatic carbocycles. The molecule has 2 aromatic rings. The number of anilines is 1. The third-order valence-electron chi connectivity index (χ3n) is 2.30. The Kier molecular flexibility index (Phi) is 2.84. The predicted molar refractivity (Wildman–Crippen MR) is 61.0 cm³/mol. The third-order valence-corrected chi connectivity index (χ3v) is 3.54. The van der Waals surface area contributed by atoms with Crippen molar-refractivity contribution in [1.82, 2.24) is 10.1 Å². The highest BCUT2D eigenvalue weighted by Crippen LogP contribution is 2.20. The molecule has 0 spiro atoms. The van der Waals surface area contributed by atoms with Gasteiger partial charge in [0.1, 0.15) is 0 Å². The Morgan fingerprint density at radius 3 is 2.59 bits per heavy atom. The van der Waals surface area contributed by atoms with Crippen molar-refractivity contribution in [3.63, 3.8) is 0 Å². The standard InChI is InChI=1S/C10H11N3O3S/c1-7-8(2)12-16-10(7)13-17(14,15)9-5-3-4-6-11-9/h3-6,13H,1-2H3. The van der Waals surface area contributed by atoms with Crippen molar-refractivity contribution in [2.45, 2.75) is 18.9 Å². The van der Waals surface area contributed by atoms with Crippen LogP contribution >= 0.6 is 0 Å². The van der Waals surface area contributed by atoms with E-state index in [2.05, 4.69) is 14.9 Å². The van der Waals surface area contributed by atoms with Crippen LogP contribution in [0.3, 0.4) is 0 Å². The first kappa shape index (κ1) is 11.6. The molecule has 2 heterocycles. The Labute approximate surface area is 98.7 Å². The van der Waals surface area contributed by atoms with E-state index in [0.29, 0.717) is 11.3 Å². The van der Waals surface area contributed by atoms with Crippen molar-refractivity contribution in [2.75, 3.05) is 4.72 Å². The summed E-state index contributed by atoms with van der Waals surface area (Å²) in [6, 6.07) is 4.64. The van der Waals surface area contributed by atoms with Crippen LogP contribution in [0, 0.1) is 13.8 Å². The van der Waals surface area contributed by atoms with Crippen molar-refractivity contribution >= 4 is 15.9 Å². The van der Waals surface area contributed by atoms with E-state index < -0.39 is 10.0 Å². The molecule has 0 fully saturated rings. The van der Waals surface area contributed by atoms with Crippen LogP contribution in [0.1, 0.15) is 11.3 Å². The van der Waals surface area contributed by atoms with Gasteiger partial charge in [-0.3, -0.25) is 0 Å². The van der Waals surface area contributed by atoms with Crippen molar-refractivity contribution in [1.29, 1.82) is 0 Å². The summed E-state index contributed by atoms with van der Waals surface area (Å²) in [5.41, 5.74) is 1.30. The first-order chi connectivity index (χ1) is 8.00. The van der Waals surface area contributed by atoms with Crippen molar-refractivity contribution < 1.29 is 12.9 Å². The van der Waals surface area contributed by atoms with E-state index in [1.165, 1.54) is 12.3 Å². The predicted octanol–water partition coefficient (Wildman–Crippen LogP) is 1.49. The largest absolute Gasteiger partial charge is 0.337 e. The maximum absolute atomic E-state index is 11.9. The van der Waals surface area contributed by atoms with Gasteiger partial charge in [0, 0.05) is 11.8 Å². The molecule has 17 heavy (non-hydrogen) atoms. The number of rotatable bonds is 3. The second-order valence-corrected chi connectivity index (χ2v) is 5.12. The Morgan fingerprint density at radius 2 is 2.06 bits per heavy atom. The monoisotopic (exact) mass is 253 g/mol. The van der Waals surface area contributed by atoms with E-state index in [1.807, 2.05) is 0 Å². The van der Waals surface area contributed by atoms with E-state index in [4.69, 9.17) is 4.52 Å². The fraction of sp³-hybridized carbons (Fsp3) is 0.200. The van der Waals surface area contributed by atoms with Gasteiger partial charge < -0.3 is 4.52 Å². The van der Waals surface area contributed by atoms with Crippen LogP contribution in [-0.4, -0.2) is 18.6 Å². The molecule has 0 amide bonds. The number of pyridine rings is 1. The number of nitrogens with zero attached hydrogens (tertiary/aromatic N) is 2. The number of aryl methyl sites for hydroxylation is 1.